The van der Waals surface area contributed by atoms with Gasteiger partial charge in [0.2, 0.25) is 0 Å². The van der Waals surface area contributed by atoms with Crippen LogP contribution in [0.25, 0.3) is 0 Å². The minimum atomic E-state index is -0.0105. The Kier molecular flexibility index (Phi) is 6.45. The molecular weight excluding hydrogens is 310 g/mol. The highest BCUT2D eigenvalue weighted by molar-refractivity contribution is 7.12. The van der Waals surface area contributed by atoms with Crippen LogP contribution >= 0.6 is 11.3 Å². The first-order valence-electron chi connectivity index (χ1n) is 7.76. The average molecular weight is 335 g/mol. The molecule has 0 fully saturated rings. The number of hydrogen-bond acceptors (Lipinski definition) is 5. The van der Waals surface area contributed by atoms with Crippen LogP contribution in [0.1, 0.15) is 33.8 Å². The number of aryl methyl sites for hydroxylation is 2. The summed E-state index contributed by atoms with van der Waals surface area (Å²) < 4.78 is 10.8. The summed E-state index contributed by atoms with van der Waals surface area (Å²) in [5.74, 6) is 1.34. The maximum absolute atomic E-state index is 8.85. The van der Waals surface area contributed by atoms with E-state index in [1.165, 1.54) is 15.3 Å². The molecule has 23 heavy (non-hydrogen) atoms. The van der Waals surface area contributed by atoms with Crippen LogP contribution in [0.4, 0.5) is 0 Å². The zero-order valence-electron chi connectivity index (χ0n) is 14.2. The van der Waals surface area contributed by atoms with E-state index in [9.17, 15) is 0 Å². The van der Waals surface area contributed by atoms with E-state index in [0.29, 0.717) is 17.5 Å². The van der Waals surface area contributed by atoms with Gasteiger partial charge in [0.05, 0.1) is 13.7 Å². The molecule has 126 valence electrons. The first-order chi connectivity index (χ1) is 11.0. The average Bonchev–Trinajstić information content (AvgIpc) is 2.89. The molecule has 2 rings (SSSR count). The topological polar surface area (TPSA) is 50.7 Å². The molecule has 2 N–H and O–H groups in total. The van der Waals surface area contributed by atoms with Gasteiger partial charge in [-0.2, -0.15) is 0 Å². The van der Waals surface area contributed by atoms with Crippen molar-refractivity contribution in [3.05, 3.63) is 45.1 Å². The van der Waals surface area contributed by atoms with Crippen molar-refractivity contribution in [2.24, 2.45) is 0 Å². The molecule has 1 atom stereocenters. The Bertz CT molecular complexity index is 639. The normalized spacial score (nSPS) is 12.2. The predicted octanol–water partition coefficient (Wildman–Crippen LogP) is 3.60. The fourth-order valence-corrected chi connectivity index (χ4v) is 3.58. The van der Waals surface area contributed by atoms with E-state index >= 15 is 0 Å². The van der Waals surface area contributed by atoms with E-state index < -0.39 is 0 Å². The van der Waals surface area contributed by atoms with Crippen LogP contribution in [0.2, 0.25) is 0 Å². The van der Waals surface area contributed by atoms with Crippen LogP contribution in [0.15, 0.2) is 24.3 Å². The molecule has 1 aromatic heterocycles. The van der Waals surface area contributed by atoms with Crippen molar-refractivity contribution in [1.29, 1.82) is 0 Å². The molecule has 0 aliphatic carbocycles. The van der Waals surface area contributed by atoms with Crippen LogP contribution in [-0.4, -0.2) is 25.4 Å². The zero-order valence-corrected chi connectivity index (χ0v) is 15.0. The van der Waals surface area contributed by atoms with Crippen LogP contribution < -0.4 is 14.8 Å². The van der Waals surface area contributed by atoms with Crippen LogP contribution in [0, 0.1) is 13.8 Å². The Morgan fingerprint density at radius 3 is 2.61 bits per heavy atom. The molecule has 1 aromatic carbocycles. The van der Waals surface area contributed by atoms with Crippen molar-refractivity contribution in [3.63, 3.8) is 0 Å². The number of thiophene rings is 1. The molecule has 0 radical (unpaired) electrons. The number of ether oxygens (including phenoxy) is 2. The number of nitrogens with one attached hydrogen (secondary N) is 1. The summed E-state index contributed by atoms with van der Waals surface area (Å²) in [5.41, 5.74) is 2.50. The summed E-state index contributed by atoms with van der Waals surface area (Å²) >= 11 is 1.84. The quantitative estimate of drug-likeness (QED) is 0.774. The van der Waals surface area contributed by atoms with E-state index in [0.717, 1.165) is 12.1 Å². The molecule has 0 bridgehead atoms. The number of benzene rings is 1. The molecule has 0 saturated heterocycles. The van der Waals surface area contributed by atoms with Gasteiger partial charge in [-0.05, 0) is 50.1 Å². The molecular formula is C18H25NO3S. The third-order valence-corrected chi connectivity index (χ3v) is 4.72. The molecule has 4 nitrogen and oxygen atoms in total. The maximum Gasteiger partial charge on any atom is 0.161 e. The molecule has 0 aliphatic heterocycles. The van der Waals surface area contributed by atoms with E-state index in [1.807, 2.05) is 29.5 Å². The Morgan fingerprint density at radius 1 is 1.22 bits per heavy atom. The number of rotatable bonds is 8. The van der Waals surface area contributed by atoms with E-state index in [4.69, 9.17) is 14.6 Å². The molecule has 1 unspecified atom stereocenters. The highest BCUT2D eigenvalue weighted by Gasteiger charge is 2.11. The summed E-state index contributed by atoms with van der Waals surface area (Å²) in [5, 5.41) is 12.4. The smallest absolute Gasteiger partial charge is 0.161 e. The molecule has 0 amide bonds. The van der Waals surface area contributed by atoms with Crippen molar-refractivity contribution in [3.8, 4) is 11.5 Å². The lowest BCUT2D eigenvalue weighted by molar-refractivity contribution is 0.196. The van der Waals surface area contributed by atoms with Crippen molar-refractivity contribution in [1.82, 2.24) is 5.32 Å². The van der Waals surface area contributed by atoms with E-state index in [1.54, 1.807) is 7.11 Å². The Morgan fingerprint density at radius 2 is 2.00 bits per heavy atom. The fourth-order valence-electron chi connectivity index (χ4n) is 2.56. The summed E-state index contributed by atoms with van der Waals surface area (Å²) in [4.78, 5) is 2.71. The zero-order chi connectivity index (χ0) is 16.8. The largest absolute Gasteiger partial charge is 0.493 e. The van der Waals surface area contributed by atoms with Crippen LogP contribution in [0.5, 0.6) is 11.5 Å². The van der Waals surface area contributed by atoms with Gasteiger partial charge in [-0.15, -0.1) is 11.3 Å². The maximum atomic E-state index is 8.85. The van der Waals surface area contributed by atoms with Crippen molar-refractivity contribution >= 4 is 11.3 Å². The highest BCUT2D eigenvalue weighted by atomic mass is 32.1. The SMILES string of the molecule is COc1cc(CNC(C)c2cc(C)sc2C)ccc1OCCO. The summed E-state index contributed by atoms with van der Waals surface area (Å²) in [6.45, 7) is 7.51. The second-order valence-corrected chi connectivity index (χ2v) is 6.99. The van der Waals surface area contributed by atoms with Gasteiger partial charge in [-0.1, -0.05) is 6.07 Å². The lowest BCUT2D eigenvalue weighted by atomic mass is 10.1. The van der Waals surface area contributed by atoms with Gasteiger partial charge in [0.25, 0.3) is 0 Å². The monoisotopic (exact) mass is 335 g/mol. The summed E-state index contributed by atoms with van der Waals surface area (Å²) in [6.07, 6.45) is 0. The first-order valence-corrected chi connectivity index (χ1v) is 8.57. The van der Waals surface area contributed by atoms with Gasteiger partial charge >= 0.3 is 0 Å². The molecule has 1 heterocycles. The fraction of sp³-hybridized carbons (Fsp3) is 0.444. The van der Waals surface area contributed by atoms with Gasteiger partial charge in [-0.25, -0.2) is 0 Å². The third-order valence-electron chi connectivity index (χ3n) is 3.74. The second-order valence-electron chi connectivity index (χ2n) is 5.53. The number of methoxy groups -OCH3 is 1. The molecule has 0 spiro atoms. The first kappa shape index (κ1) is 17.8. The predicted molar refractivity (Wildman–Crippen MR) is 94.6 cm³/mol. The van der Waals surface area contributed by atoms with Gasteiger partial charge < -0.3 is 19.9 Å². The lowest BCUT2D eigenvalue weighted by Gasteiger charge is -2.15. The highest BCUT2D eigenvalue weighted by Crippen LogP contribution is 2.29. The molecule has 5 heteroatoms. The third kappa shape index (κ3) is 4.70. The van der Waals surface area contributed by atoms with Gasteiger partial charge in [-0.3, -0.25) is 0 Å². The number of aliphatic hydroxyl groups is 1. The number of hydrogen-bond donors (Lipinski definition) is 2. The number of aliphatic hydroxyl groups excluding tert-OH is 1. The van der Waals surface area contributed by atoms with Crippen molar-refractivity contribution < 1.29 is 14.6 Å². The second kappa shape index (κ2) is 8.34. The summed E-state index contributed by atoms with van der Waals surface area (Å²) in [6, 6.07) is 8.43. The standard InChI is InChI=1S/C18H25NO3S/c1-12-9-16(14(3)23-12)13(2)19-11-15-5-6-17(22-8-7-20)18(10-15)21-4/h5-6,9-10,13,19-20H,7-8,11H2,1-4H3. The van der Waals surface area contributed by atoms with E-state index in [2.05, 4.69) is 32.2 Å². The minimum Gasteiger partial charge on any atom is -0.493 e. The van der Waals surface area contributed by atoms with Crippen LogP contribution in [0.3, 0.4) is 0 Å². The molecule has 2 aromatic rings. The van der Waals surface area contributed by atoms with Crippen LogP contribution in [-0.2, 0) is 6.54 Å². The Labute approximate surface area is 142 Å². The minimum absolute atomic E-state index is 0.0105. The summed E-state index contributed by atoms with van der Waals surface area (Å²) in [7, 11) is 1.62. The Hall–Kier alpha value is -1.56. The Balaban J connectivity index is 2.01. The molecule has 0 aliphatic rings. The van der Waals surface area contributed by atoms with Gasteiger partial charge in [0.15, 0.2) is 11.5 Å². The van der Waals surface area contributed by atoms with Crippen molar-refractivity contribution in [2.45, 2.75) is 33.4 Å². The van der Waals surface area contributed by atoms with Gasteiger partial charge in [0.1, 0.15) is 6.61 Å². The lowest BCUT2D eigenvalue weighted by Crippen LogP contribution is -2.18. The molecule has 0 saturated carbocycles. The van der Waals surface area contributed by atoms with Crippen molar-refractivity contribution in [2.75, 3.05) is 20.3 Å². The van der Waals surface area contributed by atoms with E-state index in [-0.39, 0.29) is 13.2 Å². The van der Waals surface area contributed by atoms with Gasteiger partial charge in [0, 0.05) is 22.3 Å².